The highest BCUT2D eigenvalue weighted by molar-refractivity contribution is 5.33. The summed E-state index contributed by atoms with van der Waals surface area (Å²) < 4.78 is 42.1. The lowest BCUT2D eigenvalue weighted by atomic mass is 10.0. The molecule has 0 aliphatic rings. The molecule has 1 heterocycles. The summed E-state index contributed by atoms with van der Waals surface area (Å²) in [5.41, 5.74) is 1.78. The van der Waals surface area contributed by atoms with Crippen molar-refractivity contribution in [1.29, 1.82) is 0 Å². The molecule has 0 aliphatic carbocycles. The number of ether oxygens (including phenoxy) is 1. The first-order chi connectivity index (χ1) is 9.94. The van der Waals surface area contributed by atoms with Crippen LogP contribution in [0.25, 0.3) is 0 Å². The van der Waals surface area contributed by atoms with Gasteiger partial charge in [-0.3, -0.25) is 4.68 Å². The summed E-state index contributed by atoms with van der Waals surface area (Å²) in [4.78, 5) is 0. The minimum Gasteiger partial charge on any atom is -0.406 e. The lowest BCUT2D eigenvalue weighted by Crippen LogP contribution is -2.21. The second-order valence-electron chi connectivity index (χ2n) is 4.41. The third-order valence-electron chi connectivity index (χ3n) is 3.08. The van der Waals surface area contributed by atoms with Gasteiger partial charge in [0, 0.05) is 12.7 Å². The van der Waals surface area contributed by atoms with Crippen LogP contribution >= 0.6 is 0 Å². The molecule has 1 aromatic heterocycles. The van der Waals surface area contributed by atoms with Gasteiger partial charge in [-0.2, -0.15) is 5.10 Å². The smallest absolute Gasteiger partial charge is 0.406 e. The molecule has 7 heteroatoms. The predicted octanol–water partition coefficient (Wildman–Crippen LogP) is 3.11. The van der Waals surface area contributed by atoms with Crippen LogP contribution in [0.3, 0.4) is 0 Å². The van der Waals surface area contributed by atoms with Crippen LogP contribution in [0.4, 0.5) is 13.2 Å². The number of halogens is 3. The fraction of sp³-hybridized carbons (Fsp3) is 0.357. The zero-order valence-electron chi connectivity index (χ0n) is 11.7. The Morgan fingerprint density at radius 1 is 1.24 bits per heavy atom. The van der Waals surface area contributed by atoms with Crippen molar-refractivity contribution >= 4 is 0 Å². The van der Waals surface area contributed by atoms with E-state index in [1.807, 2.05) is 17.7 Å². The summed E-state index contributed by atoms with van der Waals surface area (Å²) in [6.45, 7) is 2.69. The summed E-state index contributed by atoms with van der Waals surface area (Å²) in [6, 6.07) is 7.56. The number of nitrogens with zero attached hydrogens (tertiary/aromatic N) is 2. The first kappa shape index (κ1) is 15.4. The van der Waals surface area contributed by atoms with Gasteiger partial charge < -0.3 is 10.1 Å². The normalized spacial score (nSPS) is 13.2. The van der Waals surface area contributed by atoms with E-state index in [0.29, 0.717) is 0 Å². The monoisotopic (exact) mass is 299 g/mol. The van der Waals surface area contributed by atoms with Gasteiger partial charge in [0.15, 0.2) is 0 Å². The number of benzene rings is 1. The summed E-state index contributed by atoms with van der Waals surface area (Å²) >= 11 is 0. The Balaban J connectivity index is 2.23. The molecule has 0 fully saturated rings. The van der Waals surface area contributed by atoms with Crippen LogP contribution < -0.4 is 10.1 Å². The Hall–Kier alpha value is -2.02. The molecular weight excluding hydrogens is 283 g/mol. The van der Waals surface area contributed by atoms with Gasteiger partial charge in [0.2, 0.25) is 0 Å². The van der Waals surface area contributed by atoms with Crippen LogP contribution in [0, 0.1) is 0 Å². The summed E-state index contributed by atoms with van der Waals surface area (Å²) in [5.74, 6) is -0.231. The zero-order valence-corrected chi connectivity index (χ0v) is 11.7. The molecule has 0 saturated heterocycles. The molecule has 0 amide bonds. The van der Waals surface area contributed by atoms with Gasteiger partial charge >= 0.3 is 6.36 Å². The molecule has 1 unspecified atom stereocenters. The molecule has 21 heavy (non-hydrogen) atoms. The SMILES string of the molecule is CCn1nccc1C(NC)c1ccc(OC(F)(F)F)cc1. The van der Waals surface area contributed by atoms with Gasteiger partial charge in [0.1, 0.15) is 5.75 Å². The maximum atomic E-state index is 12.1. The van der Waals surface area contributed by atoms with E-state index < -0.39 is 6.36 Å². The maximum Gasteiger partial charge on any atom is 0.573 e. The third-order valence-corrected chi connectivity index (χ3v) is 3.08. The largest absolute Gasteiger partial charge is 0.573 e. The molecule has 2 rings (SSSR count). The van der Waals surface area contributed by atoms with Gasteiger partial charge in [-0.05, 0) is 37.7 Å². The second kappa shape index (κ2) is 6.17. The number of hydrogen-bond donors (Lipinski definition) is 1. The molecule has 1 N–H and O–H groups in total. The van der Waals surface area contributed by atoms with Crippen molar-refractivity contribution in [2.24, 2.45) is 0 Å². The first-order valence-corrected chi connectivity index (χ1v) is 6.49. The van der Waals surface area contributed by atoms with Gasteiger partial charge in [-0.1, -0.05) is 12.1 Å². The van der Waals surface area contributed by atoms with Gasteiger partial charge in [0.05, 0.1) is 11.7 Å². The van der Waals surface area contributed by atoms with Crippen molar-refractivity contribution < 1.29 is 17.9 Å². The van der Waals surface area contributed by atoms with Crippen LogP contribution in [0.1, 0.15) is 24.2 Å². The Morgan fingerprint density at radius 3 is 2.43 bits per heavy atom. The van der Waals surface area contributed by atoms with E-state index >= 15 is 0 Å². The lowest BCUT2D eigenvalue weighted by Gasteiger charge is -2.18. The van der Waals surface area contributed by atoms with E-state index in [2.05, 4.69) is 15.2 Å². The number of aromatic nitrogens is 2. The van der Waals surface area contributed by atoms with Crippen LogP contribution in [0.5, 0.6) is 5.75 Å². The van der Waals surface area contributed by atoms with Crippen molar-refractivity contribution in [3.63, 3.8) is 0 Å². The predicted molar refractivity (Wildman–Crippen MR) is 71.9 cm³/mol. The van der Waals surface area contributed by atoms with Gasteiger partial charge in [-0.15, -0.1) is 13.2 Å². The minimum atomic E-state index is -4.68. The molecule has 0 radical (unpaired) electrons. The van der Waals surface area contributed by atoms with E-state index in [1.54, 1.807) is 25.4 Å². The molecular formula is C14H16F3N3O. The number of aryl methyl sites for hydroxylation is 1. The number of hydrogen-bond acceptors (Lipinski definition) is 3. The molecule has 0 aliphatic heterocycles. The average molecular weight is 299 g/mol. The Labute approximate surface area is 120 Å². The van der Waals surface area contributed by atoms with Crippen LogP contribution in [0.15, 0.2) is 36.5 Å². The van der Waals surface area contributed by atoms with Crippen molar-refractivity contribution in [3.8, 4) is 5.75 Å². The number of nitrogens with one attached hydrogen (secondary N) is 1. The average Bonchev–Trinajstić information content (AvgIpc) is 2.88. The van der Waals surface area contributed by atoms with Crippen molar-refractivity contribution in [3.05, 3.63) is 47.8 Å². The maximum absolute atomic E-state index is 12.1. The molecule has 2 aromatic rings. The Kier molecular flexibility index (Phi) is 4.52. The highest BCUT2D eigenvalue weighted by atomic mass is 19.4. The Bertz CT molecular complexity index is 578. The Morgan fingerprint density at radius 2 is 1.90 bits per heavy atom. The fourth-order valence-electron chi connectivity index (χ4n) is 2.20. The molecule has 1 aromatic carbocycles. The zero-order chi connectivity index (χ0) is 15.5. The van der Waals surface area contributed by atoms with Crippen molar-refractivity contribution in [2.75, 3.05) is 7.05 Å². The number of rotatable bonds is 5. The second-order valence-corrected chi connectivity index (χ2v) is 4.41. The molecule has 0 saturated carbocycles. The molecule has 0 bridgehead atoms. The van der Waals surface area contributed by atoms with Crippen molar-refractivity contribution in [1.82, 2.24) is 15.1 Å². The standard InChI is InChI=1S/C14H16F3N3O/c1-3-20-12(8-9-19-20)13(18-2)10-4-6-11(7-5-10)21-14(15,16)17/h4-9,13,18H,3H2,1-2H3. The van der Waals surface area contributed by atoms with E-state index in [-0.39, 0.29) is 11.8 Å². The molecule has 1 atom stereocenters. The molecule has 114 valence electrons. The topological polar surface area (TPSA) is 39.1 Å². The summed E-state index contributed by atoms with van der Waals surface area (Å²) in [6.07, 6.45) is -2.98. The van der Waals surface area contributed by atoms with E-state index in [4.69, 9.17) is 0 Å². The summed E-state index contributed by atoms with van der Waals surface area (Å²) in [5, 5.41) is 7.34. The first-order valence-electron chi connectivity index (χ1n) is 6.49. The van der Waals surface area contributed by atoms with Crippen LogP contribution in [-0.2, 0) is 6.54 Å². The highest BCUT2D eigenvalue weighted by Crippen LogP contribution is 2.26. The van der Waals surface area contributed by atoms with E-state index in [9.17, 15) is 13.2 Å². The molecule has 4 nitrogen and oxygen atoms in total. The third kappa shape index (κ3) is 3.75. The number of alkyl halides is 3. The van der Waals surface area contributed by atoms with E-state index in [0.717, 1.165) is 17.8 Å². The lowest BCUT2D eigenvalue weighted by molar-refractivity contribution is -0.274. The summed E-state index contributed by atoms with van der Waals surface area (Å²) in [7, 11) is 1.79. The van der Waals surface area contributed by atoms with Crippen LogP contribution in [-0.4, -0.2) is 23.2 Å². The highest BCUT2D eigenvalue weighted by Gasteiger charge is 2.31. The minimum absolute atomic E-state index is 0.146. The quantitative estimate of drug-likeness (QED) is 0.922. The molecule has 0 spiro atoms. The van der Waals surface area contributed by atoms with Gasteiger partial charge in [0.25, 0.3) is 0 Å². The fourth-order valence-corrected chi connectivity index (χ4v) is 2.20. The van der Waals surface area contributed by atoms with E-state index in [1.165, 1.54) is 12.1 Å². The van der Waals surface area contributed by atoms with Gasteiger partial charge in [-0.25, -0.2) is 0 Å². The van der Waals surface area contributed by atoms with Crippen LogP contribution in [0.2, 0.25) is 0 Å². The van der Waals surface area contributed by atoms with Crippen molar-refractivity contribution in [2.45, 2.75) is 25.9 Å².